The van der Waals surface area contributed by atoms with Crippen molar-refractivity contribution in [2.45, 2.75) is 58.0 Å². The Morgan fingerprint density at radius 3 is 2.43 bits per heavy atom. The first-order valence-electron chi connectivity index (χ1n) is 10.1. The summed E-state index contributed by atoms with van der Waals surface area (Å²) < 4.78 is 0. The first-order chi connectivity index (χ1) is 13.1. The molecule has 0 aliphatic heterocycles. The molecule has 1 aromatic carbocycles. The van der Waals surface area contributed by atoms with Crippen molar-refractivity contribution in [3.8, 4) is 0 Å². The summed E-state index contributed by atoms with van der Waals surface area (Å²) in [5, 5.41) is 6.18. The molecule has 0 spiro atoms. The SMILES string of the molecule is C=CC1CCC(CN(C)c2ccccc2)C(NC(C)=O)(C(=O)NC(C)(C)C)C1. The summed E-state index contributed by atoms with van der Waals surface area (Å²) >= 11 is 0. The number of hydrogen-bond donors (Lipinski definition) is 2. The highest BCUT2D eigenvalue weighted by Crippen LogP contribution is 2.39. The van der Waals surface area contributed by atoms with E-state index in [-0.39, 0.29) is 29.2 Å². The molecule has 1 aliphatic carbocycles. The van der Waals surface area contributed by atoms with E-state index in [0.717, 1.165) is 18.5 Å². The third-order valence-corrected chi connectivity index (χ3v) is 5.48. The highest BCUT2D eigenvalue weighted by Gasteiger charge is 2.50. The van der Waals surface area contributed by atoms with Gasteiger partial charge in [-0.05, 0) is 58.1 Å². The van der Waals surface area contributed by atoms with E-state index in [4.69, 9.17) is 0 Å². The molecule has 1 aromatic rings. The van der Waals surface area contributed by atoms with E-state index in [2.05, 4.69) is 34.2 Å². The van der Waals surface area contributed by atoms with Gasteiger partial charge in [-0.3, -0.25) is 9.59 Å². The standard InChI is InChI=1S/C23H35N3O2/c1-7-18-13-14-19(16-26(6)20-11-9-8-10-12-20)23(15-18,24-17(2)27)21(28)25-22(3,4)5/h7-12,18-19H,1,13-16H2,2-6H3,(H,24,27)(H,25,28). The highest BCUT2D eigenvalue weighted by molar-refractivity contribution is 5.92. The number of anilines is 1. The second kappa shape index (κ2) is 8.80. The average Bonchev–Trinajstić information content (AvgIpc) is 2.61. The van der Waals surface area contributed by atoms with Crippen molar-refractivity contribution >= 4 is 17.5 Å². The van der Waals surface area contributed by atoms with Gasteiger partial charge in [0.15, 0.2) is 0 Å². The lowest BCUT2D eigenvalue weighted by Crippen LogP contribution is -2.68. The third-order valence-electron chi connectivity index (χ3n) is 5.48. The van der Waals surface area contributed by atoms with Crippen LogP contribution in [0.2, 0.25) is 0 Å². The number of nitrogens with zero attached hydrogens (tertiary/aromatic N) is 1. The molecule has 0 bridgehead atoms. The van der Waals surface area contributed by atoms with Crippen LogP contribution in [0.3, 0.4) is 0 Å². The van der Waals surface area contributed by atoms with Gasteiger partial charge in [-0.15, -0.1) is 6.58 Å². The van der Waals surface area contributed by atoms with Gasteiger partial charge in [-0.25, -0.2) is 0 Å². The fourth-order valence-corrected chi connectivity index (χ4v) is 4.16. The van der Waals surface area contributed by atoms with E-state index in [0.29, 0.717) is 13.0 Å². The van der Waals surface area contributed by atoms with Crippen molar-refractivity contribution in [2.75, 3.05) is 18.5 Å². The Morgan fingerprint density at radius 2 is 1.89 bits per heavy atom. The summed E-state index contributed by atoms with van der Waals surface area (Å²) in [4.78, 5) is 27.8. The minimum Gasteiger partial charge on any atom is -0.374 e. The Hall–Kier alpha value is -2.30. The fraction of sp³-hybridized carbons (Fsp3) is 0.565. The maximum Gasteiger partial charge on any atom is 0.246 e. The van der Waals surface area contributed by atoms with E-state index in [9.17, 15) is 9.59 Å². The summed E-state index contributed by atoms with van der Waals surface area (Å²) in [7, 11) is 2.04. The van der Waals surface area contributed by atoms with Gasteiger partial charge >= 0.3 is 0 Å². The van der Waals surface area contributed by atoms with Crippen LogP contribution in [0.1, 0.15) is 47.0 Å². The molecule has 0 radical (unpaired) electrons. The van der Waals surface area contributed by atoms with Crippen molar-refractivity contribution < 1.29 is 9.59 Å². The molecule has 1 saturated carbocycles. The molecule has 5 heteroatoms. The van der Waals surface area contributed by atoms with Gasteiger partial charge in [-0.1, -0.05) is 24.3 Å². The predicted molar refractivity (Wildman–Crippen MR) is 115 cm³/mol. The van der Waals surface area contributed by atoms with Crippen LogP contribution in [0, 0.1) is 11.8 Å². The smallest absolute Gasteiger partial charge is 0.246 e. The predicted octanol–water partition coefficient (Wildman–Crippen LogP) is 3.51. The van der Waals surface area contributed by atoms with Crippen LogP contribution in [0.5, 0.6) is 0 Å². The molecule has 0 aromatic heterocycles. The lowest BCUT2D eigenvalue weighted by molar-refractivity contribution is -0.138. The van der Waals surface area contributed by atoms with Crippen LogP contribution in [0.25, 0.3) is 0 Å². The molecule has 2 amide bonds. The fourth-order valence-electron chi connectivity index (χ4n) is 4.16. The summed E-state index contributed by atoms with van der Waals surface area (Å²) in [5.74, 6) is -0.0784. The molecule has 3 atom stereocenters. The number of allylic oxidation sites excluding steroid dienone is 1. The molecular weight excluding hydrogens is 350 g/mol. The highest BCUT2D eigenvalue weighted by atomic mass is 16.2. The molecule has 0 heterocycles. The Bertz CT molecular complexity index is 696. The first kappa shape index (κ1) is 22.0. The normalized spacial score (nSPS) is 24.9. The maximum absolute atomic E-state index is 13.5. The number of carbonyl (C=O) groups excluding carboxylic acids is 2. The van der Waals surface area contributed by atoms with Crippen LogP contribution in [-0.4, -0.2) is 36.5 Å². The van der Waals surface area contributed by atoms with Crippen LogP contribution < -0.4 is 15.5 Å². The van der Waals surface area contributed by atoms with Gasteiger partial charge in [-0.2, -0.15) is 0 Å². The third kappa shape index (κ3) is 5.37. The van der Waals surface area contributed by atoms with Gasteiger partial charge in [0.25, 0.3) is 0 Å². The van der Waals surface area contributed by atoms with Crippen LogP contribution >= 0.6 is 0 Å². The number of carbonyl (C=O) groups is 2. The van der Waals surface area contributed by atoms with E-state index in [1.54, 1.807) is 0 Å². The van der Waals surface area contributed by atoms with Crippen LogP contribution in [0.4, 0.5) is 5.69 Å². The van der Waals surface area contributed by atoms with Gasteiger partial charge in [0.05, 0.1) is 0 Å². The zero-order valence-electron chi connectivity index (χ0n) is 17.9. The van der Waals surface area contributed by atoms with E-state index >= 15 is 0 Å². The Labute approximate surface area is 169 Å². The number of rotatable bonds is 6. The number of hydrogen-bond acceptors (Lipinski definition) is 3. The molecule has 1 fully saturated rings. The van der Waals surface area contributed by atoms with Crippen molar-refractivity contribution in [3.63, 3.8) is 0 Å². The van der Waals surface area contributed by atoms with Crippen LogP contribution in [0.15, 0.2) is 43.0 Å². The molecule has 154 valence electrons. The van der Waals surface area contributed by atoms with Gasteiger partial charge in [0, 0.05) is 37.7 Å². The second-order valence-corrected chi connectivity index (χ2v) is 9.05. The molecule has 5 nitrogen and oxygen atoms in total. The molecular formula is C23H35N3O2. The van der Waals surface area contributed by atoms with E-state index < -0.39 is 5.54 Å². The van der Waals surface area contributed by atoms with Crippen molar-refractivity contribution in [2.24, 2.45) is 11.8 Å². The topological polar surface area (TPSA) is 61.4 Å². The molecule has 3 unspecified atom stereocenters. The summed E-state index contributed by atoms with van der Waals surface area (Å²) in [6, 6.07) is 10.1. The number of amides is 2. The Balaban J connectivity index is 2.38. The average molecular weight is 386 g/mol. The summed E-state index contributed by atoms with van der Waals surface area (Å²) in [6.45, 7) is 12.0. The molecule has 0 saturated heterocycles. The Kier molecular flexibility index (Phi) is 6.91. The number of para-hydroxylation sites is 1. The van der Waals surface area contributed by atoms with E-state index in [1.165, 1.54) is 6.92 Å². The minimum absolute atomic E-state index is 0.000145. The van der Waals surface area contributed by atoms with Crippen LogP contribution in [-0.2, 0) is 9.59 Å². The molecule has 1 aliphatic rings. The quantitative estimate of drug-likeness (QED) is 0.737. The lowest BCUT2D eigenvalue weighted by atomic mass is 9.67. The molecule has 2 N–H and O–H groups in total. The molecule has 2 rings (SSSR count). The van der Waals surface area contributed by atoms with Crippen molar-refractivity contribution in [3.05, 3.63) is 43.0 Å². The maximum atomic E-state index is 13.5. The van der Waals surface area contributed by atoms with Crippen molar-refractivity contribution in [1.29, 1.82) is 0 Å². The van der Waals surface area contributed by atoms with Crippen molar-refractivity contribution in [1.82, 2.24) is 10.6 Å². The van der Waals surface area contributed by atoms with Gasteiger partial charge < -0.3 is 15.5 Å². The number of benzene rings is 1. The largest absolute Gasteiger partial charge is 0.374 e. The van der Waals surface area contributed by atoms with Gasteiger partial charge in [0.1, 0.15) is 5.54 Å². The summed E-state index contributed by atoms with van der Waals surface area (Å²) in [6.07, 6.45) is 4.32. The summed E-state index contributed by atoms with van der Waals surface area (Å²) in [5.41, 5.74) is -0.222. The van der Waals surface area contributed by atoms with Gasteiger partial charge in [0.2, 0.25) is 11.8 Å². The lowest BCUT2D eigenvalue weighted by Gasteiger charge is -2.47. The first-order valence-corrected chi connectivity index (χ1v) is 10.1. The minimum atomic E-state index is -0.945. The zero-order chi connectivity index (χ0) is 20.9. The molecule has 28 heavy (non-hydrogen) atoms. The number of nitrogens with one attached hydrogen (secondary N) is 2. The Morgan fingerprint density at radius 1 is 1.25 bits per heavy atom. The second-order valence-electron chi connectivity index (χ2n) is 9.05. The zero-order valence-corrected chi connectivity index (χ0v) is 17.9. The van der Waals surface area contributed by atoms with E-state index in [1.807, 2.05) is 52.1 Å². The monoisotopic (exact) mass is 385 g/mol.